The lowest BCUT2D eigenvalue weighted by Gasteiger charge is -2.30. The largest absolute Gasteiger partial charge is 0.334 e. The quantitative estimate of drug-likeness (QED) is 0.607. The van der Waals surface area contributed by atoms with Crippen molar-refractivity contribution in [1.29, 1.82) is 0 Å². The van der Waals surface area contributed by atoms with Crippen LogP contribution in [0.5, 0.6) is 0 Å². The number of rotatable bonds is 2. The monoisotopic (exact) mass is 286 g/mol. The molecule has 1 heterocycles. The molecular weight excluding hydrogens is 272 g/mol. The first-order valence-corrected chi connectivity index (χ1v) is 6.14. The first kappa shape index (κ1) is 14.3. The van der Waals surface area contributed by atoms with E-state index in [1.54, 1.807) is 0 Å². The van der Waals surface area contributed by atoms with E-state index in [1.807, 2.05) is 7.05 Å². The highest BCUT2D eigenvalue weighted by molar-refractivity contribution is 5.98. The molecule has 1 aromatic rings. The number of nitro groups is 1. The molecule has 0 bridgehead atoms. The van der Waals surface area contributed by atoms with E-state index in [0.29, 0.717) is 38.3 Å². The highest BCUT2D eigenvalue weighted by atomic mass is 19.2. The van der Waals surface area contributed by atoms with E-state index in [9.17, 15) is 23.7 Å². The lowest BCUT2D eigenvalue weighted by molar-refractivity contribution is -0.883. The Morgan fingerprint density at radius 1 is 1.30 bits per heavy atom. The number of carbonyl (C=O) groups excluding carboxylic acids is 1. The Morgan fingerprint density at radius 3 is 2.40 bits per heavy atom. The van der Waals surface area contributed by atoms with Crippen molar-refractivity contribution in [3.63, 3.8) is 0 Å². The van der Waals surface area contributed by atoms with Crippen molar-refractivity contribution in [2.75, 3.05) is 33.2 Å². The zero-order valence-electron chi connectivity index (χ0n) is 10.9. The molecule has 0 unspecified atom stereocenters. The number of carbonyl (C=O) groups is 1. The molecule has 0 radical (unpaired) electrons. The number of quaternary nitrogens is 1. The number of benzene rings is 1. The molecule has 0 aromatic heterocycles. The summed E-state index contributed by atoms with van der Waals surface area (Å²) in [6, 6.07) is 1.05. The number of nitrogens with zero attached hydrogens (tertiary/aromatic N) is 2. The lowest BCUT2D eigenvalue weighted by Crippen LogP contribution is -3.12. The van der Waals surface area contributed by atoms with Crippen molar-refractivity contribution in [3.05, 3.63) is 39.4 Å². The summed E-state index contributed by atoms with van der Waals surface area (Å²) in [6.45, 7) is 2.29. The van der Waals surface area contributed by atoms with Gasteiger partial charge in [-0.3, -0.25) is 14.9 Å². The highest BCUT2D eigenvalue weighted by Crippen LogP contribution is 2.23. The van der Waals surface area contributed by atoms with Crippen LogP contribution >= 0.6 is 0 Å². The number of halogens is 2. The van der Waals surface area contributed by atoms with E-state index in [1.165, 1.54) is 9.80 Å². The van der Waals surface area contributed by atoms with Gasteiger partial charge in [-0.1, -0.05) is 0 Å². The van der Waals surface area contributed by atoms with Crippen LogP contribution < -0.4 is 4.90 Å². The Morgan fingerprint density at radius 2 is 1.85 bits per heavy atom. The summed E-state index contributed by atoms with van der Waals surface area (Å²) in [7, 11) is 1.97. The van der Waals surface area contributed by atoms with Crippen LogP contribution in [0.25, 0.3) is 0 Å². The molecule has 0 spiro atoms. The van der Waals surface area contributed by atoms with E-state index in [-0.39, 0.29) is 0 Å². The molecule has 1 N–H and O–H groups in total. The Hall–Kier alpha value is -2.09. The van der Waals surface area contributed by atoms with Crippen LogP contribution in [0.1, 0.15) is 10.4 Å². The molecule has 6 nitrogen and oxygen atoms in total. The summed E-state index contributed by atoms with van der Waals surface area (Å²) in [5.41, 5.74) is -1.12. The third kappa shape index (κ3) is 2.74. The van der Waals surface area contributed by atoms with Gasteiger partial charge in [-0.05, 0) is 6.07 Å². The summed E-state index contributed by atoms with van der Waals surface area (Å²) in [4.78, 5) is 24.9. The van der Waals surface area contributed by atoms with Crippen molar-refractivity contribution in [2.24, 2.45) is 0 Å². The lowest BCUT2D eigenvalue weighted by atomic mass is 10.1. The standard InChI is InChI=1S/C12H13F2N3O3/c1-15-2-4-16(5-3-15)12(18)8-6-9(13)10(14)7-11(8)17(19)20/h6-7H,2-5H2,1H3/p+1. The topological polar surface area (TPSA) is 67.9 Å². The van der Waals surface area contributed by atoms with E-state index in [4.69, 9.17) is 0 Å². The number of amides is 1. The molecule has 1 aliphatic heterocycles. The fraction of sp³-hybridized carbons (Fsp3) is 0.417. The Balaban J connectivity index is 2.34. The Kier molecular flexibility index (Phi) is 3.93. The molecule has 0 aliphatic carbocycles. The number of hydrogen-bond acceptors (Lipinski definition) is 3. The fourth-order valence-corrected chi connectivity index (χ4v) is 2.12. The molecule has 1 fully saturated rings. The molecular formula is C12H14F2N3O3+. The molecule has 8 heteroatoms. The average Bonchev–Trinajstić information content (AvgIpc) is 2.41. The van der Waals surface area contributed by atoms with Gasteiger partial charge in [0.1, 0.15) is 5.56 Å². The summed E-state index contributed by atoms with van der Waals surface area (Å²) in [6.07, 6.45) is 0. The van der Waals surface area contributed by atoms with Crippen molar-refractivity contribution >= 4 is 11.6 Å². The number of nitrogens with one attached hydrogen (secondary N) is 1. The molecule has 1 aromatic carbocycles. The van der Waals surface area contributed by atoms with Crippen molar-refractivity contribution in [2.45, 2.75) is 0 Å². The van der Waals surface area contributed by atoms with Gasteiger partial charge in [-0.2, -0.15) is 0 Å². The predicted octanol–water partition coefficient (Wildman–Crippen LogP) is -0.157. The van der Waals surface area contributed by atoms with Gasteiger partial charge in [0.05, 0.1) is 44.2 Å². The minimum absolute atomic E-state index is 0.409. The van der Waals surface area contributed by atoms with Crippen LogP contribution in [0.2, 0.25) is 0 Å². The van der Waals surface area contributed by atoms with Gasteiger partial charge in [-0.15, -0.1) is 0 Å². The average molecular weight is 286 g/mol. The minimum Gasteiger partial charge on any atom is -0.334 e. The van der Waals surface area contributed by atoms with Gasteiger partial charge < -0.3 is 9.80 Å². The minimum atomic E-state index is -1.34. The van der Waals surface area contributed by atoms with Crippen molar-refractivity contribution in [1.82, 2.24) is 4.90 Å². The molecule has 1 aliphatic rings. The van der Waals surface area contributed by atoms with Crippen LogP contribution in [-0.4, -0.2) is 49.0 Å². The molecule has 0 atom stereocenters. The van der Waals surface area contributed by atoms with Gasteiger partial charge >= 0.3 is 0 Å². The van der Waals surface area contributed by atoms with Gasteiger partial charge in [0.15, 0.2) is 11.6 Å². The summed E-state index contributed by atoms with van der Waals surface area (Å²) in [5.74, 6) is -3.24. The molecule has 2 rings (SSSR count). The smallest absolute Gasteiger partial charge is 0.285 e. The van der Waals surface area contributed by atoms with Crippen LogP contribution in [0.15, 0.2) is 12.1 Å². The maximum atomic E-state index is 13.2. The third-order valence-corrected chi connectivity index (χ3v) is 3.37. The van der Waals surface area contributed by atoms with Gasteiger partial charge in [0.2, 0.25) is 0 Å². The van der Waals surface area contributed by atoms with Gasteiger partial charge in [0.25, 0.3) is 11.6 Å². The van der Waals surface area contributed by atoms with E-state index in [2.05, 4.69) is 0 Å². The summed E-state index contributed by atoms with van der Waals surface area (Å²) >= 11 is 0. The predicted molar refractivity (Wildman–Crippen MR) is 65.5 cm³/mol. The fourth-order valence-electron chi connectivity index (χ4n) is 2.12. The third-order valence-electron chi connectivity index (χ3n) is 3.37. The molecule has 108 valence electrons. The number of nitro benzene ring substituents is 1. The first-order chi connectivity index (χ1) is 9.40. The number of likely N-dealkylation sites (N-methyl/N-ethyl adjacent to an activating group) is 1. The zero-order valence-corrected chi connectivity index (χ0v) is 10.9. The zero-order chi connectivity index (χ0) is 14.9. The Labute approximate surface area is 113 Å². The highest BCUT2D eigenvalue weighted by Gasteiger charge is 2.29. The first-order valence-electron chi connectivity index (χ1n) is 6.14. The SMILES string of the molecule is C[NH+]1CCN(C(=O)c2cc(F)c(F)cc2[N+](=O)[O-])CC1. The van der Waals surface area contributed by atoms with E-state index >= 15 is 0 Å². The molecule has 1 saturated heterocycles. The number of piperazine rings is 1. The van der Waals surface area contributed by atoms with Gasteiger partial charge in [0, 0.05) is 0 Å². The second kappa shape index (κ2) is 5.49. The number of hydrogen-bond donors (Lipinski definition) is 1. The van der Waals surface area contributed by atoms with E-state index < -0.39 is 33.7 Å². The summed E-state index contributed by atoms with van der Waals surface area (Å²) in [5, 5.41) is 10.9. The van der Waals surface area contributed by atoms with Crippen LogP contribution in [0.4, 0.5) is 14.5 Å². The van der Waals surface area contributed by atoms with Crippen LogP contribution in [0, 0.1) is 21.7 Å². The van der Waals surface area contributed by atoms with Crippen molar-refractivity contribution < 1.29 is 23.4 Å². The van der Waals surface area contributed by atoms with Gasteiger partial charge in [-0.25, -0.2) is 8.78 Å². The van der Waals surface area contributed by atoms with E-state index in [0.717, 1.165) is 0 Å². The molecule has 20 heavy (non-hydrogen) atoms. The maximum absolute atomic E-state index is 13.2. The second-order valence-corrected chi connectivity index (χ2v) is 4.79. The second-order valence-electron chi connectivity index (χ2n) is 4.79. The Bertz CT molecular complexity index is 557. The molecule has 0 saturated carbocycles. The maximum Gasteiger partial charge on any atom is 0.285 e. The van der Waals surface area contributed by atoms with Crippen LogP contribution in [0.3, 0.4) is 0 Å². The molecule has 1 amide bonds. The normalized spacial score (nSPS) is 16.2. The van der Waals surface area contributed by atoms with Crippen LogP contribution in [-0.2, 0) is 0 Å². The van der Waals surface area contributed by atoms with Crippen molar-refractivity contribution in [3.8, 4) is 0 Å². The summed E-state index contributed by atoms with van der Waals surface area (Å²) < 4.78 is 26.3.